The van der Waals surface area contributed by atoms with Crippen molar-refractivity contribution in [2.24, 2.45) is 0 Å². The van der Waals surface area contributed by atoms with Gasteiger partial charge in [0.1, 0.15) is 0 Å². The van der Waals surface area contributed by atoms with Gasteiger partial charge in [-0.1, -0.05) is 60.7 Å². The Morgan fingerprint density at radius 1 is 0.788 bits per heavy atom. The Balaban J connectivity index is 0.000000479. The summed E-state index contributed by atoms with van der Waals surface area (Å²) in [5, 5.41) is 9.09. The number of diazo groups is 1. The summed E-state index contributed by atoms with van der Waals surface area (Å²) in [5.41, 5.74) is 3.91. The van der Waals surface area contributed by atoms with Gasteiger partial charge in [0.25, 0.3) is 0 Å². The van der Waals surface area contributed by atoms with Crippen molar-refractivity contribution in [1.82, 2.24) is 0 Å². The molecule has 0 bridgehead atoms. The van der Waals surface area contributed by atoms with Crippen molar-refractivity contribution >= 4 is 19.2 Å². The van der Waals surface area contributed by atoms with Crippen LogP contribution in [0.5, 0.6) is 5.75 Å². The first-order valence-corrected chi connectivity index (χ1v) is 11.8. The number of hydrogen-bond acceptors (Lipinski definition) is 3. The second-order valence-corrected chi connectivity index (χ2v) is 8.89. The van der Waals surface area contributed by atoms with Gasteiger partial charge < -0.3 is 9.64 Å². The van der Waals surface area contributed by atoms with E-state index in [2.05, 4.69) is 34.1 Å². The van der Waals surface area contributed by atoms with Crippen molar-refractivity contribution in [2.45, 2.75) is 20.0 Å². The zero-order valence-corrected chi connectivity index (χ0v) is 18.5. The van der Waals surface area contributed by atoms with Crippen LogP contribution in [0.4, 0.5) is 36.6 Å². The summed E-state index contributed by atoms with van der Waals surface area (Å²) in [4.78, 5) is 5.56. The molecule has 178 valence electrons. The van der Waals surface area contributed by atoms with Gasteiger partial charge in [-0.2, -0.15) is 0 Å². The molecule has 0 N–H and O–H groups in total. The summed E-state index contributed by atoms with van der Waals surface area (Å²) in [6.07, 6.45) is 0. The standard InChI is InChI=1S/C22H22N3O.F6P/c1-2-26-22-15-20(24-23)13-14-21(22)25(16-18-9-5-3-6-10-18)17-19-11-7-4-8-12-19;1-7(2,3,4,5)6/h3-15H,2,16-17H2,1H3;/q+1;-1. The van der Waals surface area contributed by atoms with Crippen LogP contribution in [0, 0.1) is 5.39 Å². The molecule has 0 amide bonds. The van der Waals surface area contributed by atoms with Crippen LogP contribution in [0.3, 0.4) is 0 Å². The molecule has 33 heavy (non-hydrogen) atoms. The molecular weight excluding hydrogens is 467 g/mol. The van der Waals surface area contributed by atoms with Gasteiger partial charge in [-0.05, 0) is 24.1 Å². The maximum atomic E-state index is 9.87. The van der Waals surface area contributed by atoms with Crippen molar-refractivity contribution in [3.8, 4) is 5.75 Å². The predicted molar refractivity (Wildman–Crippen MR) is 119 cm³/mol. The molecular formula is C22H22F6N3OP. The third-order valence-corrected chi connectivity index (χ3v) is 4.13. The second-order valence-electron chi connectivity index (χ2n) is 6.97. The minimum absolute atomic E-state index is 0.483. The number of ether oxygens (including phenoxy) is 1. The second kappa shape index (κ2) is 9.67. The number of benzene rings is 3. The molecule has 11 heteroatoms. The van der Waals surface area contributed by atoms with Crippen LogP contribution in [0.1, 0.15) is 18.1 Å². The topological polar surface area (TPSA) is 40.6 Å². The van der Waals surface area contributed by atoms with Gasteiger partial charge >= 0.3 is 38.7 Å². The monoisotopic (exact) mass is 489 g/mol. The van der Waals surface area contributed by atoms with E-state index in [9.17, 15) is 25.2 Å². The third kappa shape index (κ3) is 11.2. The Hall–Kier alpha value is -3.31. The van der Waals surface area contributed by atoms with Gasteiger partial charge in [0.2, 0.25) is 5.39 Å². The summed E-state index contributed by atoms with van der Waals surface area (Å²) < 4.78 is 65.0. The molecule has 4 nitrogen and oxygen atoms in total. The maximum absolute atomic E-state index is 10.7. The molecule has 0 aliphatic rings. The van der Waals surface area contributed by atoms with Gasteiger partial charge in [-0.25, -0.2) is 0 Å². The van der Waals surface area contributed by atoms with Crippen LogP contribution in [-0.2, 0) is 13.1 Å². The van der Waals surface area contributed by atoms with E-state index < -0.39 is 7.81 Å². The Bertz CT molecular complexity index is 1040. The van der Waals surface area contributed by atoms with Crippen LogP contribution in [0.25, 0.3) is 4.98 Å². The zero-order chi connectivity index (χ0) is 24.6. The number of halogens is 6. The van der Waals surface area contributed by atoms with E-state index in [-0.39, 0.29) is 0 Å². The molecule has 0 saturated heterocycles. The van der Waals surface area contributed by atoms with Crippen molar-refractivity contribution in [2.75, 3.05) is 11.5 Å². The molecule has 0 aliphatic heterocycles. The van der Waals surface area contributed by atoms with Crippen molar-refractivity contribution < 1.29 is 29.9 Å². The summed E-state index contributed by atoms with van der Waals surface area (Å²) >= 11 is 0. The molecule has 0 aromatic heterocycles. The average Bonchev–Trinajstić information content (AvgIpc) is 2.73. The molecule has 3 rings (SSSR count). The molecule has 0 unspecified atom stereocenters. The van der Waals surface area contributed by atoms with Gasteiger partial charge in [0.05, 0.1) is 18.4 Å². The zero-order valence-electron chi connectivity index (χ0n) is 17.6. The van der Waals surface area contributed by atoms with Crippen LogP contribution < -0.4 is 9.64 Å². The summed E-state index contributed by atoms with van der Waals surface area (Å²) in [6, 6.07) is 26.2. The summed E-state index contributed by atoms with van der Waals surface area (Å²) in [5.74, 6) is 0.717. The average molecular weight is 489 g/mol. The minimum atomic E-state index is -10.7. The SMILES string of the molecule is CCOc1cc([N+]#N)ccc1N(Cc1ccccc1)Cc1ccccc1.F[P-](F)(F)(F)(F)F. The normalized spacial score (nSPS) is 12.9. The van der Waals surface area contributed by atoms with Gasteiger partial charge in [0, 0.05) is 19.2 Å². The van der Waals surface area contributed by atoms with Gasteiger partial charge in [-0.3, -0.25) is 0 Å². The fourth-order valence-electron chi connectivity index (χ4n) is 2.93. The van der Waals surface area contributed by atoms with Crippen LogP contribution in [-0.4, -0.2) is 6.61 Å². The van der Waals surface area contributed by atoms with E-state index in [0.29, 0.717) is 12.3 Å². The molecule has 0 atom stereocenters. The molecule has 0 aliphatic carbocycles. The molecule has 3 aromatic carbocycles. The molecule has 0 fully saturated rings. The Labute approximate surface area is 187 Å². The molecule has 0 spiro atoms. The quantitative estimate of drug-likeness (QED) is 0.189. The first-order chi connectivity index (χ1) is 15.2. The van der Waals surface area contributed by atoms with E-state index in [1.807, 2.05) is 49.4 Å². The molecule has 0 saturated carbocycles. The molecule has 0 heterocycles. The van der Waals surface area contributed by atoms with E-state index in [0.717, 1.165) is 24.5 Å². The van der Waals surface area contributed by atoms with E-state index in [4.69, 9.17) is 10.1 Å². The fourth-order valence-corrected chi connectivity index (χ4v) is 2.93. The van der Waals surface area contributed by atoms with Gasteiger partial charge in [-0.15, -0.1) is 0 Å². The van der Waals surface area contributed by atoms with E-state index in [1.54, 1.807) is 12.1 Å². The van der Waals surface area contributed by atoms with Crippen LogP contribution in [0.15, 0.2) is 78.9 Å². The molecule has 3 aromatic rings. The van der Waals surface area contributed by atoms with E-state index in [1.165, 1.54) is 11.1 Å². The van der Waals surface area contributed by atoms with Gasteiger partial charge in [0.15, 0.2) is 10.7 Å². The number of nitrogens with zero attached hydrogens (tertiary/aromatic N) is 3. The predicted octanol–water partition coefficient (Wildman–Crippen LogP) is 9.16. The number of rotatable bonds is 7. The molecule has 0 radical (unpaired) electrons. The van der Waals surface area contributed by atoms with Crippen LogP contribution in [0.2, 0.25) is 0 Å². The third-order valence-electron chi connectivity index (χ3n) is 4.13. The van der Waals surface area contributed by atoms with Crippen LogP contribution >= 0.6 is 7.81 Å². The number of hydrogen-bond donors (Lipinski definition) is 0. The van der Waals surface area contributed by atoms with E-state index >= 15 is 0 Å². The summed E-state index contributed by atoms with van der Waals surface area (Å²) in [7, 11) is -10.7. The van der Waals surface area contributed by atoms with Crippen molar-refractivity contribution in [3.05, 3.63) is 95.0 Å². The summed E-state index contributed by atoms with van der Waals surface area (Å²) in [6.45, 7) is 4.01. The Morgan fingerprint density at radius 3 is 1.64 bits per heavy atom. The fraction of sp³-hybridized carbons (Fsp3) is 0.182. The van der Waals surface area contributed by atoms with Crippen molar-refractivity contribution in [3.63, 3.8) is 0 Å². The van der Waals surface area contributed by atoms with Crippen molar-refractivity contribution in [1.29, 1.82) is 5.39 Å². The first-order valence-electron chi connectivity index (χ1n) is 9.76. The Morgan fingerprint density at radius 2 is 1.24 bits per heavy atom. The first kappa shape index (κ1) is 25.9. The Kier molecular flexibility index (Phi) is 7.60. The number of anilines is 1.